The lowest BCUT2D eigenvalue weighted by Gasteiger charge is -2.31. The fraction of sp³-hybridized carbons (Fsp3) is 0.214. The number of nitrogens with one attached hydrogen (secondary N) is 1. The summed E-state index contributed by atoms with van der Waals surface area (Å²) in [4.78, 5) is 26.5. The second-order valence-corrected chi connectivity index (χ2v) is 8.26. The van der Waals surface area contributed by atoms with Crippen molar-refractivity contribution in [1.82, 2.24) is 5.32 Å². The number of carboxylic acids is 1. The van der Waals surface area contributed by atoms with Gasteiger partial charge in [0.1, 0.15) is 0 Å². The molecule has 0 aliphatic carbocycles. The topological polar surface area (TPSA) is 69.6 Å². The molecule has 5 heteroatoms. The average molecular weight is 441 g/mol. The number of benzene rings is 3. The average Bonchev–Trinajstić information content (AvgIpc) is 2.85. The Balaban J connectivity index is 1.62. The quantitative estimate of drug-likeness (QED) is 0.494. The molecule has 33 heavy (non-hydrogen) atoms. The van der Waals surface area contributed by atoms with Crippen LogP contribution in [0.1, 0.15) is 46.3 Å². The normalized spacial score (nSPS) is 14.1. The van der Waals surface area contributed by atoms with Crippen LogP contribution in [0, 0.1) is 0 Å². The highest BCUT2D eigenvalue weighted by Gasteiger charge is 2.18. The molecule has 1 aliphatic heterocycles. The summed E-state index contributed by atoms with van der Waals surface area (Å²) >= 11 is 0. The first kappa shape index (κ1) is 22.3. The van der Waals surface area contributed by atoms with Gasteiger partial charge >= 0.3 is 5.97 Å². The van der Waals surface area contributed by atoms with Gasteiger partial charge in [0.15, 0.2) is 0 Å². The maximum atomic E-state index is 13.0. The minimum atomic E-state index is -0.978. The molecule has 4 rings (SSSR count). The monoisotopic (exact) mass is 440 g/mol. The Labute approximate surface area is 194 Å². The number of hydrogen-bond acceptors (Lipinski definition) is 3. The maximum Gasteiger partial charge on any atom is 0.335 e. The molecule has 0 bridgehead atoms. The van der Waals surface area contributed by atoms with Crippen LogP contribution in [0.15, 0.2) is 78.9 Å². The third-order valence-electron chi connectivity index (χ3n) is 5.84. The number of para-hydroxylation sites is 1. The van der Waals surface area contributed by atoms with Crippen LogP contribution in [-0.4, -0.2) is 30.1 Å². The first-order valence-corrected chi connectivity index (χ1v) is 11.3. The summed E-state index contributed by atoms with van der Waals surface area (Å²) in [5.41, 5.74) is 4.87. The molecule has 3 aromatic rings. The number of aromatic carboxylic acids is 1. The predicted octanol–water partition coefficient (Wildman–Crippen LogP) is 5.23. The van der Waals surface area contributed by atoms with Gasteiger partial charge in [0.25, 0.3) is 0 Å². The second kappa shape index (κ2) is 10.6. The van der Waals surface area contributed by atoms with Gasteiger partial charge in [-0.1, -0.05) is 60.7 Å². The number of rotatable bonds is 7. The highest BCUT2D eigenvalue weighted by atomic mass is 16.4. The van der Waals surface area contributed by atoms with Gasteiger partial charge in [-0.15, -0.1) is 0 Å². The van der Waals surface area contributed by atoms with Gasteiger partial charge in [0.05, 0.1) is 17.7 Å². The standard InChI is InChI=1S/C28H28N2O3/c31-27(20-22-13-15-23(16-14-22)28(32)33)29-25(19-21-9-3-1-4-10-21)24-11-5-6-12-26(24)30-17-7-2-8-18-30/h1,3-6,9-16,19H,2,7-8,17-18,20H2,(H,29,31)(H,32,33)/b25-19-. The summed E-state index contributed by atoms with van der Waals surface area (Å²) in [6.45, 7) is 2.03. The van der Waals surface area contributed by atoms with Crippen molar-refractivity contribution in [2.75, 3.05) is 18.0 Å². The minimum absolute atomic E-state index is 0.145. The van der Waals surface area contributed by atoms with E-state index in [1.54, 1.807) is 12.1 Å². The lowest BCUT2D eigenvalue weighted by Crippen LogP contribution is -2.31. The van der Waals surface area contributed by atoms with Crippen LogP contribution in [0.5, 0.6) is 0 Å². The van der Waals surface area contributed by atoms with E-state index in [1.807, 2.05) is 48.5 Å². The molecule has 1 fully saturated rings. The first-order chi connectivity index (χ1) is 16.1. The number of amides is 1. The van der Waals surface area contributed by atoms with Gasteiger partial charge in [-0.25, -0.2) is 4.79 Å². The van der Waals surface area contributed by atoms with Gasteiger partial charge in [0.2, 0.25) is 5.91 Å². The Bertz CT molecular complexity index is 1130. The first-order valence-electron chi connectivity index (χ1n) is 11.3. The summed E-state index contributed by atoms with van der Waals surface area (Å²) in [5, 5.41) is 12.2. The van der Waals surface area contributed by atoms with Crippen molar-refractivity contribution in [1.29, 1.82) is 0 Å². The molecule has 0 spiro atoms. The van der Waals surface area contributed by atoms with Crippen molar-refractivity contribution in [2.24, 2.45) is 0 Å². The van der Waals surface area contributed by atoms with Crippen molar-refractivity contribution < 1.29 is 14.7 Å². The molecule has 1 saturated heterocycles. The molecule has 2 N–H and O–H groups in total. The number of piperidine rings is 1. The lowest BCUT2D eigenvalue weighted by atomic mass is 10.0. The molecule has 0 unspecified atom stereocenters. The number of nitrogens with zero attached hydrogens (tertiary/aromatic N) is 1. The molecule has 0 saturated carbocycles. The third kappa shape index (κ3) is 5.89. The zero-order chi connectivity index (χ0) is 23.0. The van der Waals surface area contributed by atoms with E-state index in [4.69, 9.17) is 5.11 Å². The van der Waals surface area contributed by atoms with Crippen LogP contribution in [0.2, 0.25) is 0 Å². The van der Waals surface area contributed by atoms with Crippen molar-refractivity contribution in [2.45, 2.75) is 25.7 Å². The Morgan fingerprint density at radius 3 is 2.21 bits per heavy atom. The highest BCUT2D eigenvalue weighted by molar-refractivity contribution is 5.96. The van der Waals surface area contributed by atoms with Gasteiger partial charge in [-0.2, -0.15) is 0 Å². The smallest absolute Gasteiger partial charge is 0.335 e. The summed E-state index contributed by atoms with van der Waals surface area (Å²) in [6, 6.07) is 24.6. The molecule has 1 heterocycles. The van der Waals surface area contributed by atoms with E-state index in [0.29, 0.717) is 0 Å². The SMILES string of the molecule is O=C(Cc1ccc(C(=O)O)cc1)N/C(=C\c1ccccc1)c1ccccc1N1CCCCC1. The highest BCUT2D eigenvalue weighted by Crippen LogP contribution is 2.29. The number of carbonyl (C=O) groups excluding carboxylic acids is 1. The molecule has 0 radical (unpaired) electrons. The Hall–Kier alpha value is -3.86. The Morgan fingerprint density at radius 2 is 1.52 bits per heavy atom. The van der Waals surface area contributed by atoms with Crippen molar-refractivity contribution in [3.63, 3.8) is 0 Å². The number of anilines is 1. The molecule has 3 aromatic carbocycles. The van der Waals surface area contributed by atoms with E-state index in [1.165, 1.54) is 31.4 Å². The molecular weight excluding hydrogens is 412 g/mol. The van der Waals surface area contributed by atoms with Crippen LogP contribution in [0.25, 0.3) is 11.8 Å². The summed E-state index contributed by atoms with van der Waals surface area (Å²) in [5.74, 6) is -1.12. The molecule has 1 aliphatic rings. The van der Waals surface area contributed by atoms with Crippen molar-refractivity contribution >= 4 is 29.3 Å². The number of hydrogen-bond donors (Lipinski definition) is 2. The van der Waals surface area contributed by atoms with Crippen molar-refractivity contribution in [3.8, 4) is 0 Å². The molecule has 5 nitrogen and oxygen atoms in total. The Kier molecular flexibility index (Phi) is 7.20. The van der Waals surface area contributed by atoms with Crippen LogP contribution in [0.4, 0.5) is 5.69 Å². The molecular formula is C28H28N2O3. The fourth-order valence-corrected chi connectivity index (χ4v) is 4.15. The predicted molar refractivity (Wildman–Crippen MR) is 132 cm³/mol. The number of carbonyl (C=O) groups is 2. The van der Waals surface area contributed by atoms with Crippen molar-refractivity contribution in [3.05, 3.63) is 101 Å². The van der Waals surface area contributed by atoms with Gasteiger partial charge in [0, 0.05) is 24.3 Å². The zero-order valence-electron chi connectivity index (χ0n) is 18.5. The zero-order valence-corrected chi connectivity index (χ0v) is 18.5. The maximum absolute atomic E-state index is 13.0. The summed E-state index contributed by atoms with van der Waals surface area (Å²) < 4.78 is 0. The van der Waals surface area contributed by atoms with E-state index >= 15 is 0 Å². The summed E-state index contributed by atoms with van der Waals surface area (Å²) in [7, 11) is 0. The van der Waals surface area contributed by atoms with E-state index < -0.39 is 5.97 Å². The molecule has 0 aromatic heterocycles. The van der Waals surface area contributed by atoms with Gasteiger partial charge in [-0.05, 0) is 54.7 Å². The molecule has 1 amide bonds. The molecule has 168 valence electrons. The van der Waals surface area contributed by atoms with E-state index in [2.05, 4.69) is 22.3 Å². The number of carboxylic acid groups (broad SMARTS) is 1. The molecule has 0 atom stereocenters. The van der Waals surface area contributed by atoms with E-state index in [9.17, 15) is 9.59 Å². The van der Waals surface area contributed by atoms with Gasteiger partial charge in [-0.3, -0.25) is 4.79 Å². The van der Waals surface area contributed by atoms with E-state index in [0.717, 1.165) is 41.2 Å². The third-order valence-corrected chi connectivity index (χ3v) is 5.84. The largest absolute Gasteiger partial charge is 0.478 e. The second-order valence-electron chi connectivity index (χ2n) is 8.26. The van der Waals surface area contributed by atoms with Crippen LogP contribution in [0.3, 0.4) is 0 Å². The van der Waals surface area contributed by atoms with Crippen LogP contribution in [-0.2, 0) is 11.2 Å². The minimum Gasteiger partial charge on any atom is -0.478 e. The van der Waals surface area contributed by atoms with Crippen LogP contribution < -0.4 is 10.2 Å². The fourth-order valence-electron chi connectivity index (χ4n) is 4.15. The summed E-state index contributed by atoms with van der Waals surface area (Å²) in [6.07, 6.45) is 5.77. The lowest BCUT2D eigenvalue weighted by molar-refractivity contribution is -0.119. The Morgan fingerprint density at radius 1 is 0.848 bits per heavy atom. The van der Waals surface area contributed by atoms with Crippen LogP contribution >= 0.6 is 0 Å². The van der Waals surface area contributed by atoms with E-state index in [-0.39, 0.29) is 17.9 Å². The van der Waals surface area contributed by atoms with Gasteiger partial charge < -0.3 is 15.3 Å².